The maximum Gasteiger partial charge on any atom is 0.253 e. The molecule has 1 amide bonds. The monoisotopic (exact) mass is 458 g/mol. The van der Waals surface area contributed by atoms with Crippen LogP contribution < -0.4 is 5.73 Å². The molecular weight excluding hydrogens is 436 g/mol. The van der Waals surface area contributed by atoms with Crippen molar-refractivity contribution < 1.29 is 4.79 Å². The fourth-order valence-electron chi connectivity index (χ4n) is 4.04. The molecule has 0 atom stereocenters. The number of carbonyl (C=O) groups is 1. The number of nitriles is 1. The Labute approximate surface area is 197 Å². The predicted octanol–water partition coefficient (Wildman–Crippen LogP) is 3.92. The molecular formula is C25H23ClN6O. The predicted molar refractivity (Wildman–Crippen MR) is 129 cm³/mol. The Hall–Kier alpha value is -3.73. The molecule has 0 unspecified atom stereocenters. The van der Waals surface area contributed by atoms with Gasteiger partial charge < -0.3 is 10.6 Å². The van der Waals surface area contributed by atoms with Crippen molar-refractivity contribution in [3.63, 3.8) is 0 Å². The van der Waals surface area contributed by atoms with Gasteiger partial charge in [-0.25, -0.2) is 4.98 Å². The van der Waals surface area contributed by atoms with Crippen molar-refractivity contribution in [3.8, 4) is 28.6 Å². The minimum atomic E-state index is 0. The van der Waals surface area contributed by atoms with E-state index in [1.165, 1.54) is 0 Å². The molecule has 0 spiro atoms. The number of piperidine rings is 1. The van der Waals surface area contributed by atoms with Gasteiger partial charge in [-0.15, -0.1) is 12.4 Å². The summed E-state index contributed by atoms with van der Waals surface area (Å²) in [5, 5.41) is 9.03. The highest BCUT2D eigenvalue weighted by Crippen LogP contribution is 2.24. The van der Waals surface area contributed by atoms with E-state index in [1.807, 2.05) is 51.9 Å². The molecule has 8 heteroatoms. The summed E-state index contributed by atoms with van der Waals surface area (Å²) in [6.07, 6.45) is 7.17. The molecule has 33 heavy (non-hydrogen) atoms. The number of rotatable bonds is 3. The van der Waals surface area contributed by atoms with Crippen LogP contribution in [0.25, 0.3) is 28.2 Å². The molecule has 2 N–H and O–H groups in total. The largest absolute Gasteiger partial charge is 0.339 e. The zero-order chi connectivity index (χ0) is 22.1. The van der Waals surface area contributed by atoms with Gasteiger partial charge in [0.1, 0.15) is 0 Å². The molecule has 1 saturated heterocycles. The summed E-state index contributed by atoms with van der Waals surface area (Å²) in [5.41, 5.74) is 11.6. The Kier molecular flexibility index (Phi) is 6.40. The minimum absolute atomic E-state index is 0. The van der Waals surface area contributed by atoms with Crippen LogP contribution in [0.1, 0.15) is 28.8 Å². The molecule has 0 saturated carbocycles. The zero-order valence-corrected chi connectivity index (χ0v) is 18.7. The van der Waals surface area contributed by atoms with Crippen LogP contribution in [0.4, 0.5) is 0 Å². The highest BCUT2D eigenvalue weighted by Gasteiger charge is 2.21. The number of nitrogens with zero attached hydrogens (tertiary/aromatic N) is 5. The molecule has 3 heterocycles. The highest BCUT2D eigenvalue weighted by atomic mass is 35.5. The molecule has 0 bridgehead atoms. The van der Waals surface area contributed by atoms with Gasteiger partial charge in [0.2, 0.25) is 0 Å². The highest BCUT2D eigenvalue weighted by molar-refractivity contribution is 5.94. The molecule has 0 radical (unpaired) electrons. The summed E-state index contributed by atoms with van der Waals surface area (Å²) in [4.78, 5) is 23.6. The lowest BCUT2D eigenvalue weighted by Crippen LogP contribution is -2.42. The maximum atomic E-state index is 12.8. The van der Waals surface area contributed by atoms with Gasteiger partial charge in [0, 0.05) is 42.0 Å². The van der Waals surface area contributed by atoms with Crippen molar-refractivity contribution in [2.45, 2.75) is 18.9 Å². The molecule has 2 aromatic carbocycles. The van der Waals surface area contributed by atoms with Crippen LogP contribution in [-0.4, -0.2) is 44.3 Å². The van der Waals surface area contributed by atoms with Crippen molar-refractivity contribution in [1.29, 1.82) is 5.26 Å². The second kappa shape index (κ2) is 9.41. The van der Waals surface area contributed by atoms with E-state index in [0.29, 0.717) is 24.2 Å². The summed E-state index contributed by atoms with van der Waals surface area (Å²) in [6, 6.07) is 17.3. The summed E-state index contributed by atoms with van der Waals surface area (Å²) in [5.74, 6) is 0.0459. The molecule has 1 aliphatic rings. The molecule has 166 valence electrons. The number of amides is 1. The molecule has 0 aliphatic carbocycles. The van der Waals surface area contributed by atoms with E-state index in [9.17, 15) is 4.79 Å². The smallest absolute Gasteiger partial charge is 0.253 e. The Morgan fingerprint density at radius 1 is 0.970 bits per heavy atom. The first-order chi connectivity index (χ1) is 15.6. The van der Waals surface area contributed by atoms with Crippen molar-refractivity contribution in [1.82, 2.24) is 19.3 Å². The van der Waals surface area contributed by atoms with Crippen LogP contribution in [0.2, 0.25) is 0 Å². The topological polar surface area (TPSA) is 100 Å². The molecule has 7 nitrogen and oxygen atoms in total. The third kappa shape index (κ3) is 4.44. The number of likely N-dealkylation sites (tertiary alicyclic amines) is 1. The van der Waals surface area contributed by atoms with E-state index in [-0.39, 0.29) is 24.4 Å². The summed E-state index contributed by atoms with van der Waals surface area (Å²) < 4.78 is 1.99. The SMILES string of the molecule is Cl.N#Cc1ccc(-c2cnc3cnc(-c4ccc(C(=O)N5CCC(N)CC5)cc4)cn23)cc1. The number of hydrogen-bond donors (Lipinski definition) is 1. The second-order valence-corrected chi connectivity index (χ2v) is 8.04. The Morgan fingerprint density at radius 3 is 2.30 bits per heavy atom. The van der Waals surface area contributed by atoms with Crippen molar-refractivity contribution in [2.75, 3.05) is 13.1 Å². The lowest BCUT2D eigenvalue weighted by molar-refractivity contribution is 0.0715. The Bertz CT molecular complexity index is 1320. The Balaban J connectivity index is 0.00000259. The van der Waals surface area contributed by atoms with Crippen LogP contribution in [0, 0.1) is 11.3 Å². The number of imidazole rings is 1. The fraction of sp³-hybridized carbons (Fsp3) is 0.200. The molecule has 1 aliphatic heterocycles. The maximum absolute atomic E-state index is 12.8. The van der Waals surface area contributed by atoms with Gasteiger partial charge in [0.05, 0.1) is 35.4 Å². The van der Waals surface area contributed by atoms with E-state index >= 15 is 0 Å². The zero-order valence-electron chi connectivity index (χ0n) is 17.9. The summed E-state index contributed by atoms with van der Waals surface area (Å²) in [6.45, 7) is 1.41. The van der Waals surface area contributed by atoms with Crippen molar-refractivity contribution >= 4 is 24.0 Å². The lowest BCUT2D eigenvalue weighted by atomic mass is 10.0. The molecule has 2 aromatic heterocycles. The van der Waals surface area contributed by atoms with Gasteiger partial charge in [-0.3, -0.25) is 14.2 Å². The van der Waals surface area contributed by atoms with Crippen LogP contribution in [-0.2, 0) is 0 Å². The number of halogens is 1. The van der Waals surface area contributed by atoms with E-state index in [4.69, 9.17) is 11.0 Å². The van der Waals surface area contributed by atoms with E-state index < -0.39 is 0 Å². The quantitative estimate of drug-likeness (QED) is 0.501. The Morgan fingerprint density at radius 2 is 1.64 bits per heavy atom. The third-order valence-electron chi connectivity index (χ3n) is 5.96. The average molecular weight is 459 g/mol. The normalized spacial score (nSPS) is 14.0. The summed E-state index contributed by atoms with van der Waals surface area (Å²) in [7, 11) is 0. The fourth-order valence-corrected chi connectivity index (χ4v) is 4.04. The van der Waals surface area contributed by atoms with Crippen LogP contribution in [0.15, 0.2) is 67.1 Å². The number of fused-ring (bicyclic) bond motifs is 1. The second-order valence-electron chi connectivity index (χ2n) is 8.04. The van der Waals surface area contributed by atoms with Gasteiger partial charge >= 0.3 is 0 Å². The van der Waals surface area contributed by atoms with Crippen LogP contribution >= 0.6 is 12.4 Å². The number of carbonyl (C=O) groups excluding carboxylic acids is 1. The average Bonchev–Trinajstić information content (AvgIpc) is 3.27. The molecule has 4 aromatic rings. The lowest BCUT2D eigenvalue weighted by Gasteiger charge is -2.30. The van der Waals surface area contributed by atoms with E-state index in [2.05, 4.69) is 16.0 Å². The minimum Gasteiger partial charge on any atom is -0.339 e. The van der Waals surface area contributed by atoms with Gasteiger partial charge in [-0.05, 0) is 37.1 Å². The number of hydrogen-bond acceptors (Lipinski definition) is 5. The van der Waals surface area contributed by atoms with Gasteiger partial charge in [-0.2, -0.15) is 5.26 Å². The first-order valence-electron chi connectivity index (χ1n) is 10.6. The van der Waals surface area contributed by atoms with Crippen LogP contribution in [0.5, 0.6) is 0 Å². The van der Waals surface area contributed by atoms with Gasteiger partial charge in [-0.1, -0.05) is 24.3 Å². The first kappa shape index (κ1) is 22.5. The van der Waals surface area contributed by atoms with Gasteiger partial charge in [0.15, 0.2) is 5.65 Å². The third-order valence-corrected chi connectivity index (χ3v) is 5.96. The number of nitrogens with two attached hydrogens (primary N) is 1. The van der Waals surface area contributed by atoms with Gasteiger partial charge in [0.25, 0.3) is 5.91 Å². The molecule has 5 rings (SSSR count). The van der Waals surface area contributed by atoms with E-state index in [0.717, 1.165) is 41.0 Å². The summed E-state index contributed by atoms with van der Waals surface area (Å²) >= 11 is 0. The molecule has 1 fully saturated rings. The van der Waals surface area contributed by atoms with E-state index in [1.54, 1.807) is 24.5 Å². The number of aromatic nitrogens is 3. The van der Waals surface area contributed by atoms with Crippen molar-refractivity contribution in [3.05, 3.63) is 78.2 Å². The van der Waals surface area contributed by atoms with Crippen LogP contribution in [0.3, 0.4) is 0 Å². The first-order valence-corrected chi connectivity index (χ1v) is 10.6. The standard InChI is InChI=1S/C25H22N6O.ClH/c26-13-17-1-3-19(4-2-17)23-14-29-24-15-28-22(16-31(23)24)18-5-7-20(8-6-18)25(32)30-11-9-21(27)10-12-30;/h1-8,14-16,21H,9-12,27H2;1H. The van der Waals surface area contributed by atoms with Crippen molar-refractivity contribution in [2.24, 2.45) is 5.73 Å². The number of benzene rings is 2.